The number of pyridine rings is 1. The van der Waals surface area contributed by atoms with Crippen LogP contribution in [0.2, 0.25) is 18.1 Å². The average Bonchev–Trinajstić information content (AvgIpc) is 2.70. The number of nitrogens with zero attached hydrogens (tertiary/aromatic N) is 1. The number of carbonyl (C=O) groups excluding carboxylic acids is 1. The SMILES string of the molecule is CCOC(=O)C(F)(F)C(C)(N[S+]([O-])C(C)(C)C)c1nc(Br)cc([Si](CC)(CC)CC)c1F. The van der Waals surface area contributed by atoms with Crippen LogP contribution in [0.4, 0.5) is 13.2 Å². The van der Waals surface area contributed by atoms with E-state index in [2.05, 4.69) is 30.4 Å². The molecule has 0 bridgehead atoms. The van der Waals surface area contributed by atoms with Crippen LogP contribution >= 0.6 is 15.9 Å². The van der Waals surface area contributed by atoms with Gasteiger partial charge in [0.2, 0.25) is 0 Å². The van der Waals surface area contributed by atoms with Crippen molar-refractivity contribution < 1.29 is 27.3 Å². The van der Waals surface area contributed by atoms with E-state index in [0.717, 1.165) is 6.92 Å². The Labute approximate surface area is 201 Å². The number of nitrogens with one attached hydrogen (secondary N) is 1. The first-order valence-electron chi connectivity index (χ1n) is 10.7. The molecule has 2 atom stereocenters. The number of halogens is 4. The minimum Gasteiger partial charge on any atom is -0.598 e. The second kappa shape index (κ2) is 10.8. The summed E-state index contributed by atoms with van der Waals surface area (Å²) in [5.41, 5.74) is -3.39. The summed E-state index contributed by atoms with van der Waals surface area (Å²) in [6.45, 7) is 12.7. The zero-order chi connectivity index (χ0) is 25.1. The zero-order valence-corrected chi connectivity index (χ0v) is 23.4. The highest BCUT2D eigenvalue weighted by atomic mass is 79.9. The molecule has 184 valence electrons. The van der Waals surface area contributed by atoms with Crippen LogP contribution in [0.5, 0.6) is 0 Å². The number of esters is 1. The molecular weight excluding hydrogens is 525 g/mol. The van der Waals surface area contributed by atoms with Gasteiger partial charge in [0.1, 0.15) is 20.9 Å². The van der Waals surface area contributed by atoms with Crippen molar-refractivity contribution in [2.24, 2.45) is 0 Å². The largest absolute Gasteiger partial charge is 0.598 e. The van der Waals surface area contributed by atoms with Gasteiger partial charge >= 0.3 is 11.9 Å². The van der Waals surface area contributed by atoms with E-state index in [0.29, 0.717) is 23.3 Å². The first-order chi connectivity index (χ1) is 14.6. The Morgan fingerprint density at radius 2 is 1.69 bits per heavy atom. The van der Waals surface area contributed by atoms with Crippen LogP contribution in [-0.4, -0.2) is 40.9 Å². The molecule has 1 aromatic heterocycles. The molecule has 0 saturated carbocycles. The van der Waals surface area contributed by atoms with Gasteiger partial charge in [-0.15, -0.1) is 4.72 Å². The summed E-state index contributed by atoms with van der Waals surface area (Å²) in [6, 6.07) is 3.67. The van der Waals surface area contributed by atoms with E-state index >= 15 is 13.2 Å². The molecule has 32 heavy (non-hydrogen) atoms. The van der Waals surface area contributed by atoms with Gasteiger partial charge in [-0.25, -0.2) is 14.2 Å². The highest BCUT2D eigenvalue weighted by Gasteiger charge is 2.64. The third kappa shape index (κ3) is 5.53. The lowest BCUT2D eigenvalue weighted by atomic mass is 9.90. The van der Waals surface area contributed by atoms with Gasteiger partial charge in [-0.05, 0) is 61.8 Å². The Hall–Kier alpha value is -0.623. The van der Waals surface area contributed by atoms with Crippen LogP contribution < -0.4 is 9.91 Å². The van der Waals surface area contributed by atoms with Gasteiger partial charge in [0.25, 0.3) is 0 Å². The van der Waals surface area contributed by atoms with E-state index < -0.39 is 53.1 Å². The quantitative estimate of drug-likeness (QED) is 0.186. The molecule has 2 unspecified atom stereocenters. The molecule has 0 saturated heterocycles. The van der Waals surface area contributed by atoms with Crippen LogP contribution in [0.1, 0.15) is 61.1 Å². The molecule has 0 aliphatic carbocycles. The third-order valence-electron chi connectivity index (χ3n) is 6.01. The van der Waals surface area contributed by atoms with Gasteiger partial charge in [-0.2, -0.15) is 8.78 Å². The summed E-state index contributed by atoms with van der Waals surface area (Å²) in [4.78, 5) is 16.3. The van der Waals surface area contributed by atoms with Gasteiger partial charge in [0.15, 0.2) is 5.54 Å². The van der Waals surface area contributed by atoms with Crippen molar-refractivity contribution in [3.63, 3.8) is 0 Å². The summed E-state index contributed by atoms with van der Waals surface area (Å²) < 4.78 is 66.3. The Morgan fingerprint density at radius 1 is 1.19 bits per heavy atom. The molecular formula is C21H34BrF3N2O3SSi. The summed E-state index contributed by atoms with van der Waals surface area (Å²) in [6.07, 6.45) is 0. The van der Waals surface area contributed by atoms with Crippen molar-refractivity contribution in [2.45, 2.75) is 89.7 Å². The molecule has 11 heteroatoms. The molecule has 1 N–H and O–H groups in total. The maximum Gasteiger partial charge on any atom is 0.379 e. The van der Waals surface area contributed by atoms with Gasteiger partial charge in [0.05, 0.1) is 14.7 Å². The van der Waals surface area contributed by atoms with Gasteiger partial charge < -0.3 is 9.29 Å². The van der Waals surface area contributed by atoms with Crippen molar-refractivity contribution in [1.29, 1.82) is 0 Å². The predicted octanol–water partition coefficient (Wildman–Crippen LogP) is 5.16. The smallest absolute Gasteiger partial charge is 0.379 e. The molecule has 0 aliphatic rings. The summed E-state index contributed by atoms with van der Waals surface area (Å²) in [5, 5.41) is 0.357. The monoisotopic (exact) mass is 558 g/mol. The second-order valence-corrected chi connectivity index (χ2v) is 16.9. The minimum absolute atomic E-state index is 0.172. The molecule has 1 heterocycles. The Morgan fingerprint density at radius 3 is 2.09 bits per heavy atom. The maximum absolute atomic E-state index is 16.1. The first-order valence-corrected chi connectivity index (χ1v) is 15.3. The number of ether oxygens (including phenoxy) is 1. The third-order valence-corrected chi connectivity index (χ3v) is 13.7. The summed E-state index contributed by atoms with van der Waals surface area (Å²) in [5.74, 6) is -6.99. The second-order valence-electron chi connectivity index (χ2n) is 8.90. The molecule has 5 nitrogen and oxygen atoms in total. The van der Waals surface area contributed by atoms with E-state index in [4.69, 9.17) is 0 Å². The fraction of sp³-hybridized carbons (Fsp3) is 0.714. The maximum atomic E-state index is 16.1. The Balaban J connectivity index is 3.95. The standard InChI is InChI=1S/C21H34BrF3N2O3SSi/c1-9-30-18(28)21(24,25)20(8,27-31(29)19(5,6)7)17-16(23)14(13-15(22)26-17)32(10-2,11-3)12-4/h13,27H,9-12H2,1-8H3. The van der Waals surface area contributed by atoms with E-state index in [1.54, 1.807) is 26.8 Å². The van der Waals surface area contributed by atoms with Gasteiger partial charge in [0, 0.05) is 11.4 Å². The number of carbonyl (C=O) groups is 1. The van der Waals surface area contributed by atoms with E-state index in [1.807, 2.05) is 20.8 Å². The molecule has 1 rings (SSSR count). The van der Waals surface area contributed by atoms with E-state index in [-0.39, 0.29) is 11.2 Å². The lowest BCUT2D eigenvalue weighted by Crippen LogP contribution is -2.63. The molecule has 0 spiro atoms. The molecule has 0 aliphatic heterocycles. The topological polar surface area (TPSA) is 74.3 Å². The number of hydrogen-bond donors (Lipinski definition) is 1. The van der Waals surface area contributed by atoms with Crippen LogP contribution in [0.3, 0.4) is 0 Å². The van der Waals surface area contributed by atoms with Crippen LogP contribution in [0.25, 0.3) is 0 Å². The lowest BCUT2D eigenvalue weighted by molar-refractivity contribution is -0.184. The van der Waals surface area contributed by atoms with Crippen LogP contribution in [0, 0.1) is 5.82 Å². The molecule has 0 fully saturated rings. The number of alkyl halides is 2. The fourth-order valence-corrected chi connectivity index (χ4v) is 8.75. The van der Waals surface area contributed by atoms with Crippen molar-refractivity contribution in [3.05, 3.63) is 22.2 Å². The van der Waals surface area contributed by atoms with E-state index in [9.17, 15) is 9.35 Å². The zero-order valence-electron chi connectivity index (χ0n) is 20.0. The van der Waals surface area contributed by atoms with Crippen molar-refractivity contribution >= 4 is 46.5 Å². The van der Waals surface area contributed by atoms with Gasteiger partial charge in [-0.3, -0.25) is 0 Å². The first kappa shape index (κ1) is 29.4. The number of hydrogen-bond acceptors (Lipinski definition) is 5. The lowest BCUT2D eigenvalue weighted by Gasteiger charge is -2.39. The van der Waals surface area contributed by atoms with Crippen molar-refractivity contribution in [2.75, 3.05) is 6.61 Å². The Kier molecular flexibility index (Phi) is 9.88. The highest BCUT2D eigenvalue weighted by molar-refractivity contribution is 9.10. The summed E-state index contributed by atoms with van der Waals surface area (Å²) >= 11 is 1.17. The molecule has 0 amide bonds. The molecule has 0 radical (unpaired) electrons. The normalized spacial score (nSPS) is 15.9. The fourth-order valence-electron chi connectivity index (χ4n) is 3.56. The number of rotatable bonds is 10. The van der Waals surface area contributed by atoms with Crippen LogP contribution in [0.15, 0.2) is 10.7 Å². The van der Waals surface area contributed by atoms with Crippen molar-refractivity contribution in [3.8, 4) is 0 Å². The van der Waals surface area contributed by atoms with Crippen molar-refractivity contribution in [1.82, 2.24) is 9.71 Å². The summed E-state index contributed by atoms with van der Waals surface area (Å²) in [7, 11) is -2.37. The minimum atomic E-state index is -4.26. The van der Waals surface area contributed by atoms with Crippen LogP contribution in [-0.2, 0) is 26.4 Å². The molecule has 0 aromatic carbocycles. The Bertz CT molecular complexity index is 814. The predicted molar refractivity (Wildman–Crippen MR) is 129 cm³/mol. The number of aromatic nitrogens is 1. The average molecular weight is 560 g/mol. The van der Waals surface area contributed by atoms with E-state index in [1.165, 1.54) is 6.92 Å². The molecule has 1 aromatic rings. The highest BCUT2D eigenvalue weighted by Crippen LogP contribution is 2.41. The van der Waals surface area contributed by atoms with Gasteiger partial charge in [-0.1, -0.05) is 38.9 Å².